The molecule has 1 aromatic heterocycles. The lowest BCUT2D eigenvalue weighted by Gasteiger charge is -2.05. The first-order valence-electron chi connectivity index (χ1n) is 3.85. The summed E-state index contributed by atoms with van der Waals surface area (Å²) in [5.74, 6) is 0.317. The van der Waals surface area contributed by atoms with Crippen molar-refractivity contribution in [1.82, 2.24) is 9.97 Å². The zero-order valence-corrected chi connectivity index (χ0v) is 7.53. The Labute approximate surface area is 75.8 Å². The van der Waals surface area contributed by atoms with Crippen LogP contribution in [0, 0.1) is 6.92 Å². The molecule has 0 fully saturated rings. The number of rotatable bonds is 3. The van der Waals surface area contributed by atoms with Gasteiger partial charge in [0.15, 0.2) is 0 Å². The van der Waals surface area contributed by atoms with Gasteiger partial charge >= 0.3 is 5.97 Å². The predicted octanol–water partition coefficient (Wildman–Crippen LogP) is 0.454. The van der Waals surface area contributed by atoms with Crippen LogP contribution in [0.25, 0.3) is 0 Å². The second kappa shape index (κ2) is 3.84. The third-order valence-corrected chi connectivity index (χ3v) is 1.56. The summed E-state index contributed by atoms with van der Waals surface area (Å²) in [5.41, 5.74) is 0.598. The molecule has 5 heteroatoms. The minimum absolute atomic E-state index is 0.0591. The number of hydrogen-bond acceptors (Lipinski definition) is 4. The zero-order chi connectivity index (χ0) is 9.84. The van der Waals surface area contributed by atoms with Crippen LogP contribution in [0.4, 0.5) is 5.82 Å². The molecule has 0 radical (unpaired) electrons. The van der Waals surface area contributed by atoms with Crippen molar-refractivity contribution in [3.8, 4) is 0 Å². The van der Waals surface area contributed by atoms with Gasteiger partial charge in [0.2, 0.25) is 0 Å². The molecule has 1 heterocycles. The fraction of sp³-hybridized carbons (Fsp3) is 0.375. The fourth-order valence-corrected chi connectivity index (χ4v) is 1.00. The summed E-state index contributed by atoms with van der Waals surface area (Å²) in [6.45, 7) is 1.76. The lowest BCUT2D eigenvalue weighted by atomic mass is 10.2. The van der Waals surface area contributed by atoms with Crippen molar-refractivity contribution in [1.29, 1.82) is 0 Å². The summed E-state index contributed by atoms with van der Waals surface area (Å²) in [6.07, 6.45) is 1.47. The number of aliphatic carboxylic acids is 1. The van der Waals surface area contributed by atoms with Crippen molar-refractivity contribution in [2.45, 2.75) is 13.3 Å². The van der Waals surface area contributed by atoms with Gasteiger partial charge < -0.3 is 10.4 Å². The van der Waals surface area contributed by atoms with Gasteiger partial charge in [-0.1, -0.05) is 0 Å². The Balaban J connectivity index is 2.99. The molecular weight excluding hydrogens is 170 g/mol. The minimum atomic E-state index is -0.885. The van der Waals surface area contributed by atoms with Crippen LogP contribution in [0.5, 0.6) is 0 Å². The number of carbonyl (C=O) groups is 1. The van der Waals surface area contributed by atoms with Crippen LogP contribution in [0.3, 0.4) is 0 Å². The van der Waals surface area contributed by atoms with Crippen LogP contribution in [-0.2, 0) is 11.2 Å². The Bertz CT molecular complexity index is 325. The highest BCUT2D eigenvalue weighted by atomic mass is 16.4. The first-order chi connectivity index (χ1) is 6.13. The Morgan fingerprint density at radius 3 is 2.92 bits per heavy atom. The minimum Gasteiger partial charge on any atom is -0.481 e. The van der Waals surface area contributed by atoms with E-state index in [9.17, 15) is 4.79 Å². The van der Waals surface area contributed by atoms with Crippen LogP contribution in [0.1, 0.15) is 11.4 Å². The molecule has 0 atom stereocenters. The van der Waals surface area contributed by atoms with Crippen molar-refractivity contribution < 1.29 is 9.90 Å². The summed E-state index contributed by atoms with van der Waals surface area (Å²) in [6, 6.07) is 0. The Kier molecular flexibility index (Phi) is 2.79. The third kappa shape index (κ3) is 2.40. The lowest BCUT2D eigenvalue weighted by Crippen LogP contribution is -2.07. The average Bonchev–Trinajstić information content (AvgIpc) is 2.07. The van der Waals surface area contributed by atoms with Gasteiger partial charge in [0.05, 0.1) is 6.42 Å². The van der Waals surface area contributed by atoms with E-state index in [1.807, 2.05) is 0 Å². The van der Waals surface area contributed by atoms with Crippen molar-refractivity contribution in [2.75, 3.05) is 12.4 Å². The molecule has 0 bridgehead atoms. The normalized spacial score (nSPS) is 9.69. The number of aryl methyl sites for hydroxylation is 1. The summed E-state index contributed by atoms with van der Waals surface area (Å²) < 4.78 is 0. The molecule has 0 spiro atoms. The second-order valence-electron chi connectivity index (χ2n) is 2.61. The maximum absolute atomic E-state index is 10.4. The lowest BCUT2D eigenvalue weighted by molar-refractivity contribution is -0.136. The van der Waals surface area contributed by atoms with Crippen LogP contribution >= 0.6 is 0 Å². The van der Waals surface area contributed by atoms with Gasteiger partial charge in [0, 0.05) is 18.8 Å². The first-order valence-corrected chi connectivity index (χ1v) is 3.85. The standard InChI is InChI=1S/C8H11N3O2/c1-5-10-4-6(3-7(12)13)8(9-2)11-5/h4H,3H2,1-2H3,(H,12,13)(H,9,10,11). The maximum atomic E-state index is 10.4. The summed E-state index contributed by atoms with van der Waals surface area (Å²) >= 11 is 0. The summed E-state index contributed by atoms with van der Waals surface area (Å²) in [5, 5.41) is 11.4. The van der Waals surface area contributed by atoms with Crippen LogP contribution < -0.4 is 5.32 Å². The van der Waals surface area contributed by atoms with E-state index < -0.39 is 5.97 Å². The molecule has 1 aromatic rings. The topological polar surface area (TPSA) is 75.1 Å². The molecule has 0 saturated heterocycles. The fourth-order valence-electron chi connectivity index (χ4n) is 1.00. The van der Waals surface area contributed by atoms with Gasteiger partial charge in [0.25, 0.3) is 0 Å². The molecule has 0 aliphatic heterocycles. The molecule has 0 amide bonds. The molecule has 0 unspecified atom stereocenters. The summed E-state index contributed by atoms with van der Waals surface area (Å²) in [7, 11) is 1.70. The molecule has 0 aliphatic rings. The van der Waals surface area contributed by atoms with Gasteiger partial charge in [-0.3, -0.25) is 4.79 Å². The predicted molar refractivity (Wildman–Crippen MR) is 47.7 cm³/mol. The molecule has 0 aromatic carbocycles. The molecule has 0 aliphatic carbocycles. The van der Waals surface area contributed by atoms with Gasteiger partial charge in [-0.25, -0.2) is 9.97 Å². The van der Waals surface area contributed by atoms with Gasteiger partial charge in [-0.15, -0.1) is 0 Å². The molecule has 0 saturated carbocycles. The highest BCUT2D eigenvalue weighted by molar-refractivity contribution is 5.72. The molecule has 2 N–H and O–H groups in total. The van der Waals surface area contributed by atoms with Gasteiger partial charge in [0.1, 0.15) is 11.6 Å². The van der Waals surface area contributed by atoms with E-state index in [1.54, 1.807) is 14.0 Å². The molecule has 1 rings (SSSR count). The van der Waals surface area contributed by atoms with E-state index in [-0.39, 0.29) is 6.42 Å². The zero-order valence-electron chi connectivity index (χ0n) is 7.53. The number of anilines is 1. The number of aromatic nitrogens is 2. The van der Waals surface area contributed by atoms with Gasteiger partial charge in [-0.2, -0.15) is 0 Å². The number of hydrogen-bond donors (Lipinski definition) is 2. The maximum Gasteiger partial charge on any atom is 0.308 e. The number of nitrogens with one attached hydrogen (secondary N) is 1. The largest absolute Gasteiger partial charge is 0.481 e. The van der Waals surface area contributed by atoms with Crippen LogP contribution in [0.2, 0.25) is 0 Å². The Morgan fingerprint density at radius 2 is 2.38 bits per heavy atom. The van der Waals surface area contributed by atoms with Gasteiger partial charge in [-0.05, 0) is 6.92 Å². The van der Waals surface area contributed by atoms with Crippen molar-refractivity contribution >= 4 is 11.8 Å². The number of carboxylic acid groups (broad SMARTS) is 1. The van der Waals surface area contributed by atoms with E-state index in [0.29, 0.717) is 17.2 Å². The Morgan fingerprint density at radius 1 is 1.69 bits per heavy atom. The van der Waals surface area contributed by atoms with E-state index in [2.05, 4.69) is 15.3 Å². The monoisotopic (exact) mass is 181 g/mol. The number of nitrogens with zero attached hydrogens (tertiary/aromatic N) is 2. The highest BCUT2D eigenvalue weighted by Crippen LogP contribution is 2.10. The summed E-state index contributed by atoms with van der Waals surface area (Å²) in [4.78, 5) is 18.4. The molecule has 70 valence electrons. The second-order valence-corrected chi connectivity index (χ2v) is 2.61. The van der Waals surface area contributed by atoms with Crippen molar-refractivity contribution in [2.24, 2.45) is 0 Å². The number of carboxylic acids is 1. The average molecular weight is 181 g/mol. The molecule has 13 heavy (non-hydrogen) atoms. The van der Waals surface area contributed by atoms with E-state index >= 15 is 0 Å². The van der Waals surface area contributed by atoms with Crippen LogP contribution in [0.15, 0.2) is 6.20 Å². The van der Waals surface area contributed by atoms with Crippen molar-refractivity contribution in [3.63, 3.8) is 0 Å². The first kappa shape index (κ1) is 9.44. The van der Waals surface area contributed by atoms with Crippen LogP contribution in [-0.4, -0.2) is 28.1 Å². The van der Waals surface area contributed by atoms with E-state index in [4.69, 9.17) is 5.11 Å². The SMILES string of the molecule is CNc1nc(C)ncc1CC(=O)O. The van der Waals surface area contributed by atoms with Crippen molar-refractivity contribution in [3.05, 3.63) is 17.6 Å². The smallest absolute Gasteiger partial charge is 0.308 e. The van der Waals surface area contributed by atoms with E-state index in [1.165, 1.54) is 6.20 Å². The molecule has 5 nitrogen and oxygen atoms in total. The quantitative estimate of drug-likeness (QED) is 0.708. The highest BCUT2D eigenvalue weighted by Gasteiger charge is 2.07. The Hall–Kier alpha value is -1.65. The van der Waals surface area contributed by atoms with E-state index in [0.717, 1.165) is 0 Å². The third-order valence-electron chi connectivity index (χ3n) is 1.56. The molecular formula is C8H11N3O2.